The van der Waals surface area contributed by atoms with E-state index in [2.05, 4.69) is 10.2 Å². The number of ether oxygens (including phenoxy) is 2. The zero-order chi connectivity index (χ0) is 20.6. The van der Waals surface area contributed by atoms with E-state index in [0.717, 1.165) is 25.3 Å². The number of carbonyl (C=O) groups is 1. The highest BCUT2D eigenvalue weighted by atomic mass is 35.5. The van der Waals surface area contributed by atoms with Crippen LogP contribution in [0.4, 0.5) is 5.69 Å². The van der Waals surface area contributed by atoms with E-state index in [1.807, 2.05) is 36.4 Å². The minimum absolute atomic E-state index is 0.0783. The fourth-order valence-corrected chi connectivity index (χ4v) is 3.36. The molecule has 0 spiro atoms. The summed E-state index contributed by atoms with van der Waals surface area (Å²) in [6.07, 6.45) is 0.751. The molecule has 7 heteroatoms. The van der Waals surface area contributed by atoms with Gasteiger partial charge in [-0.05, 0) is 42.8 Å². The number of rotatable bonds is 9. The standard InChI is InChI=1S/C22H27ClN2O4/c1-2-22(27)24-20-5-3-4-6-21(20)28-15-17(26)13-25-12-11-19(14-25)29-18-9-7-16(23)8-10-18/h3-10,17,19,26H,2,11-15H2,1H3,(H,24,27). The molecule has 1 fully saturated rings. The molecule has 1 saturated heterocycles. The van der Waals surface area contributed by atoms with E-state index in [4.69, 9.17) is 21.1 Å². The summed E-state index contributed by atoms with van der Waals surface area (Å²) in [5.41, 5.74) is 0.615. The molecule has 0 radical (unpaired) electrons. The van der Waals surface area contributed by atoms with E-state index < -0.39 is 6.10 Å². The number of likely N-dealkylation sites (tertiary alicyclic amines) is 1. The maximum Gasteiger partial charge on any atom is 0.224 e. The number of aliphatic hydroxyl groups is 1. The second kappa shape index (κ2) is 10.5. The number of aliphatic hydroxyl groups excluding tert-OH is 1. The summed E-state index contributed by atoms with van der Waals surface area (Å²) in [5.74, 6) is 1.28. The maximum absolute atomic E-state index is 11.6. The Morgan fingerprint density at radius 1 is 1.28 bits per heavy atom. The number of hydrogen-bond donors (Lipinski definition) is 2. The molecule has 29 heavy (non-hydrogen) atoms. The van der Waals surface area contributed by atoms with Crippen LogP contribution in [0.15, 0.2) is 48.5 Å². The third-order valence-corrected chi connectivity index (χ3v) is 4.98. The van der Waals surface area contributed by atoms with Crippen molar-refractivity contribution < 1.29 is 19.4 Å². The molecule has 1 aliphatic rings. The van der Waals surface area contributed by atoms with Crippen LogP contribution >= 0.6 is 11.6 Å². The summed E-state index contributed by atoms with van der Waals surface area (Å²) in [7, 11) is 0. The Bertz CT molecular complexity index is 800. The minimum Gasteiger partial charge on any atom is -0.489 e. The van der Waals surface area contributed by atoms with Crippen molar-refractivity contribution in [1.82, 2.24) is 4.90 Å². The maximum atomic E-state index is 11.6. The summed E-state index contributed by atoms with van der Waals surface area (Å²) >= 11 is 5.90. The van der Waals surface area contributed by atoms with Crippen molar-refractivity contribution in [3.8, 4) is 11.5 Å². The summed E-state index contributed by atoms with van der Waals surface area (Å²) in [5, 5.41) is 13.9. The number of nitrogens with zero attached hydrogens (tertiary/aromatic N) is 1. The van der Waals surface area contributed by atoms with Crippen molar-refractivity contribution in [3.05, 3.63) is 53.6 Å². The number of amides is 1. The van der Waals surface area contributed by atoms with Gasteiger partial charge in [-0.1, -0.05) is 30.7 Å². The van der Waals surface area contributed by atoms with Gasteiger partial charge in [-0.3, -0.25) is 9.69 Å². The lowest BCUT2D eigenvalue weighted by molar-refractivity contribution is -0.115. The van der Waals surface area contributed by atoms with Gasteiger partial charge >= 0.3 is 0 Å². The van der Waals surface area contributed by atoms with Gasteiger partial charge in [0.25, 0.3) is 0 Å². The highest BCUT2D eigenvalue weighted by molar-refractivity contribution is 6.30. The van der Waals surface area contributed by atoms with Gasteiger partial charge < -0.3 is 19.9 Å². The van der Waals surface area contributed by atoms with E-state index in [0.29, 0.717) is 29.4 Å². The lowest BCUT2D eigenvalue weighted by Crippen LogP contribution is -2.35. The second-order valence-corrected chi connectivity index (χ2v) is 7.54. The van der Waals surface area contributed by atoms with Gasteiger partial charge in [0.2, 0.25) is 5.91 Å². The Morgan fingerprint density at radius 2 is 2.03 bits per heavy atom. The molecule has 3 rings (SSSR count). The number of carbonyl (C=O) groups excluding carboxylic acids is 1. The zero-order valence-electron chi connectivity index (χ0n) is 16.5. The largest absolute Gasteiger partial charge is 0.489 e. The van der Waals surface area contributed by atoms with Gasteiger partial charge in [-0.25, -0.2) is 0 Å². The molecule has 6 nitrogen and oxygen atoms in total. The highest BCUT2D eigenvalue weighted by Crippen LogP contribution is 2.24. The summed E-state index contributed by atoms with van der Waals surface area (Å²) in [4.78, 5) is 13.8. The molecule has 2 atom stereocenters. The molecule has 156 valence electrons. The molecule has 2 aromatic rings. The Balaban J connectivity index is 1.44. The van der Waals surface area contributed by atoms with Gasteiger partial charge in [-0.15, -0.1) is 0 Å². The quantitative estimate of drug-likeness (QED) is 0.651. The van der Waals surface area contributed by atoms with Gasteiger partial charge in [0.15, 0.2) is 0 Å². The first-order valence-corrected chi connectivity index (χ1v) is 10.3. The number of nitrogens with one attached hydrogen (secondary N) is 1. The molecular formula is C22H27ClN2O4. The van der Waals surface area contributed by atoms with Crippen LogP contribution in [0, 0.1) is 0 Å². The number of hydrogen-bond acceptors (Lipinski definition) is 5. The average molecular weight is 419 g/mol. The lowest BCUT2D eigenvalue weighted by Gasteiger charge is -2.21. The fraction of sp³-hybridized carbons (Fsp3) is 0.409. The van der Waals surface area contributed by atoms with Gasteiger partial charge in [0.1, 0.15) is 30.3 Å². The van der Waals surface area contributed by atoms with Crippen molar-refractivity contribution in [2.75, 3.05) is 31.6 Å². The molecule has 0 aromatic heterocycles. The zero-order valence-corrected chi connectivity index (χ0v) is 17.3. The van der Waals surface area contributed by atoms with Crippen LogP contribution in [-0.4, -0.2) is 54.4 Å². The Labute approximate surface area is 176 Å². The van der Waals surface area contributed by atoms with Crippen molar-refractivity contribution in [2.24, 2.45) is 0 Å². The average Bonchev–Trinajstić information content (AvgIpc) is 3.15. The summed E-state index contributed by atoms with van der Waals surface area (Å²) in [6, 6.07) is 14.6. The number of β-amino-alcohol motifs (C(OH)–C–C–N with tert-alkyl or cyclic N) is 1. The normalized spacial score (nSPS) is 17.7. The Morgan fingerprint density at radius 3 is 2.79 bits per heavy atom. The first-order valence-electron chi connectivity index (χ1n) is 9.87. The van der Waals surface area contributed by atoms with Crippen molar-refractivity contribution in [2.45, 2.75) is 32.0 Å². The number of halogens is 1. The van der Waals surface area contributed by atoms with Gasteiger partial charge in [-0.2, -0.15) is 0 Å². The molecule has 0 saturated carbocycles. The predicted molar refractivity (Wildman–Crippen MR) is 114 cm³/mol. The number of benzene rings is 2. The van der Waals surface area contributed by atoms with E-state index in [1.54, 1.807) is 19.1 Å². The second-order valence-electron chi connectivity index (χ2n) is 7.10. The van der Waals surface area contributed by atoms with Gasteiger partial charge in [0, 0.05) is 31.1 Å². The minimum atomic E-state index is -0.640. The van der Waals surface area contributed by atoms with E-state index in [1.165, 1.54) is 0 Å². The number of para-hydroxylation sites is 2. The van der Waals surface area contributed by atoms with Gasteiger partial charge in [0.05, 0.1) is 5.69 Å². The summed E-state index contributed by atoms with van der Waals surface area (Å²) in [6.45, 7) is 4.06. The van der Waals surface area contributed by atoms with Crippen LogP contribution < -0.4 is 14.8 Å². The van der Waals surface area contributed by atoms with Crippen molar-refractivity contribution in [3.63, 3.8) is 0 Å². The topological polar surface area (TPSA) is 71.0 Å². The molecule has 1 heterocycles. The van der Waals surface area contributed by atoms with Crippen LogP contribution in [0.25, 0.3) is 0 Å². The molecule has 2 aromatic carbocycles. The van der Waals surface area contributed by atoms with Crippen LogP contribution in [0.5, 0.6) is 11.5 Å². The van der Waals surface area contributed by atoms with E-state index in [9.17, 15) is 9.90 Å². The first-order chi connectivity index (χ1) is 14.0. The first kappa shape index (κ1) is 21.4. The molecule has 0 bridgehead atoms. The van der Waals surface area contributed by atoms with E-state index >= 15 is 0 Å². The lowest BCUT2D eigenvalue weighted by atomic mass is 10.2. The smallest absolute Gasteiger partial charge is 0.224 e. The monoisotopic (exact) mass is 418 g/mol. The van der Waals surface area contributed by atoms with Crippen LogP contribution in [0.2, 0.25) is 5.02 Å². The third-order valence-electron chi connectivity index (χ3n) is 4.73. The van der Waals surface area contributed by atoms with Crippen LogP contribution in [0.3, 0.4) is 0 Å². The molecular weight excluding hydrogens is 392 g/mol. The van der Waals surface area contributed by atoms with Crippen LogP contribution in [0.1, 0.15) is 19.8 Å². The van der Waals surface area contributed by atoms with Crippen molar-refractivity contribution >= 4 is 23.2 Å². The SMILES string of the molecule is CCC(=O)Nc1ccccc1OCC(O)CN1CCC(Oc2ccc(Cl)cc2)C1. The Kier molecular flexibility index (Phi) is 7.75. The van der Waals surface area contributed by atoms with Crippen molar-refractivity contribution in [1.29, 1.82) is 0 Å². The van der Waals surface area contributed by atoms with E-state index in [-0.39, 0.29) is 18.6 Å². The van der Waals surface area contributed by atoms with Crippen LogP contribution in [-0.2, 0) is 4.79 Å². The molecule has 0 aliphatic carbocycles. The highest BCUT2D eigenvalue weighted by Gasteiger charge is 2.25. The predicted octanol–water partition coefficient (Wildman–Crippen LogP) is 3.58. The third kappa shape index (κ3) is 6.63. The molecule has 1 amide bonds. The fourth-order valence-electron chi connectivity index (χ4n) is 3.24. The Hall–Kier alpha value is -2.28. The number of anilines is 1. The molecule has 1 aliphatic heterocycles. The summed E-state index contributed by atoms with van der Waals surface area (Å²) < 4.78 is 11.7. The molecule has 2 unspecified atom stereocenters. The molecule has 2 N–H and O–H groups in total.